The maximum absolute atomic E-state index is 11.8. The number of rotatable bonds is 10. The third kappa shape index (κ3) is 7.94. The summed E-state index contributed by atoms with van der Waals surface area (Å²) in [5.41, 5.74) is 0.964. The van der Waals surface area contributed by atoms with E-state index in [0.717, 1.165) is 0 Å². The number of carbonyl (C=O) groups excluding carboxylic acids is 3. The number of hydrogen-bond donors (Lipinski definition) is 0. The zero-order valence-electron chi connectivity index (χ0n) is 15.3. The molecular formula is C19H24O7. The van der Waals surface area contributed by atoms with E-state index in [1.54, 1.807) is 24.3 Å². The van der Waals surface area contributed by atoms with Crippen LogP contribution in [-0.2, 0) is 35.0 Å². The molecule has 0 bridgehead atoms. The van der Waals surface area contributed by atoms with Crippen LogP contribution in [0.1, 0.15) is 25.3 Å². The van der Waals surface area contributed by atoms with Crippen LogP contribution < -0.4 is 4.74 Å². The molecule has 1 rings (SSSR count). The molecule has 7 nitrogen and oxygen atoms in total. The molecular weight excluding hydrogens is 340 g/mol. The number of benzene rings is 1. The van der Waals surface area contributed by atoms with Crippen molar-refractivity contribution in [3.05, 3.63) is 42.0 Å². The molecule has 0 fully saturated rings. The highest BCUT2D eigenvalue weighted by atomic mass is 16.6. The standard InChI is InChI=1S/C19H24O7/c1-13(2)19(22)25-12-16(24-4)8-9-17(20)26-18(21)11-14-6-5-7-15(10-14)23-3/h5-7,10,16H,1,8-9,11-12H2,2-4H3. The third-order valence-corrected chi connectivity index (χ3v) is 3.46. The Morgan fingerprint density at radius 3 is 2.50 bits per heavy atom. The fourth-order valence-electron chi connectivity index (χ4n) is 2.00. The quantitative estimate of drug-likeness (QED) is 0.357. The van der Waals surface area contributed by atoms with Crippen LogP contribution in [0.2, 0.25) is 0 Å². The fourth-order valence-corrected chi connectivity index (χ4v) is 2.00. The molecule has 0 spiro atoms. The number of methoxy groups -OCH3 is 2. The van der Waals surface area contributed by atoms with Gasteiger partial charge in [0.15, 0.2) is 0 Å². The lowest BCUT2D eigenvalue weighted by molar-refractivity contribution is -0.159. The first-order valence-electron chi connectivity index (χ1n) is 8.07. The number of hydrogen-bond acceptors (Lipinski definition) is 7. The Balaban J connectivity index is 2.38. The molecule has 0 amide bonds. The van der Waals surface area contributed by atoms with Crippen LogP contribution in [0.3, 0.4) is 0 Å². The van der Waals surface area contributed by atoms with Crippen molar-refractivity contribution in [1.82, 2.24) is 0 Å². The average molecular weight is 364 g/mol. The van der Waals surface area contributed by atoms with Crippen molar-refractivity contribution >= 4 is 17.9 Å². The summed E-state index contributed by atoms with van der Waals surface area (Å²) in [6.45, 7) is 5.01. The van der Waals surface area contributed by atoms with Crippen LogP contribution in [0.4, 0.5) is 0 Å². The summed E-state index contributed by atoms with van der Waals surface area (Å²) < 4.78 is 20.0. The van der Waals surface area contributed by atoms with Crippen molar-refractivity contribution < 1.29 is 33.3 Å². The highest BCUT2D eigenvalue weighted by molar-refractivity contribution is 5.87. The van der Waals surface area contributed by atoms with Gasteiger partial charge in [0.25, 0.3) is 0 Å². The Hall–Kier alpha value is -2.67. The molecule has 142 valence electrons. The first-order valence-corrected chi connectivity index (χ1v) is 8.07. The zero-order valence-corrected chi connectivity index (χ0v) is 15.3. The van der Waals surface area contributed by atoms with Gasteiger partial charge in [-0.25, -0.2) is 4.79 Å². The molecule has 0 aliphatic carbocycles. The van der Waals surface area contributed by atoms with E-state index in [-0.39, 0.29) is 31.4 Å². The summed E-state index contributed by atoms with van der Waals surface area (Å²) in [5.74, 6) is -1.21. The molecule has 1 aromatic rings. The lowest BCUT2D eigenvalue weighted by atomic mass is 10.1. The number of esters is 3. The number of ether oxygens (including phenoxy) is 4. The van der Waals surface area contributed by atoms with Crippen molar-refractivity contribution in [2.75, 3.05) is 20.8 Å². The first-order chi connectivity index (χ1) is 12.3. The molecule has 0 aliphatic rings. The Morgan fingerprint density at radius 1 is 1.15 bits per heavy atom. The molecule has 1 atom stereocenters. The molecule has 0 aliphatic heterocycles. The highest BCUT2D eigenvalue weighted by Gasteiger charge is 2.17. The summed E-state index contributed by atoms with van der Waals surface area (Å²) in [6.07, 6.45) is -0.287. The van der Waals surface area contributed by atoms with Gasteiger partial charge < -0.3 is 18.9 Å². The summed E-state index contributed by atoms with van der Waals surface area (Å²) in [7, 11) is 2.97. The summed E-state index contributed by atoms with van der Waals surface area (Å²) in [4.78, 5) is 35.0. The SMILES string of the molecule is C=C(C)C(=O)OCC(CCC(=O)OC(=O)Cc1cccc(OC)c1)OC. The van der Waals surface area contributed by atoms with Gasteiger partial charge in [-0.3, -0.25) is 9.59 Å². The topological polar surface area (TPSA) is 88.1 Å². The van der Waals surface area contributed by atoms with Crippen LogP contribution in [0.25, 0.3) is 0 Å². The van der Waals surface area contributed by atoms with Crippen LogP contribution >= 0.6 is 0 Å². The van der Waals surface area contributed by atoms with E-state index in [9.17, 15) is 14.4 Å². The van der Waals surface area contributed by atoms with E-state index in [1.165, 1.54) is 21.1 Å². The van der Waals surface area contributed by atoms with Crippen LogP contribution in [0, 0.1) is 0 Å². The Kier molecular flexibility index (Phi) is 9.08. The normalized spacial score (nSPS) is 11.3. The molecule has 0 N–H and O–H groups in total. The van der Waals surface area contributed by atoms with Crippen molar-refractivity contribution in [3.63, 3.8) is 0 Å². The molecule has 7 heteroatoms. The summed E-state index contributed by atoms with van der Waals surface area (Å²) in [5, 5.41) is 0. The van der Waals surface area contributed by atoms with Crippen LogP contribution in [0.5, 0.6) is 5.75 Å². The average Bonchev–Trinajstić information content (AvgIpc) is 2.61. The molecule has 1 aromatic carbocycles. The minimum absolute atomic E-state index is 0.00672. The van der Waals surface area contributed by atoms with E-state index in [1.807, 2.05) is 0 Å². The Morgan fingerprint density at radius 2 is 1.88 bits per heavy atom. The van der Waals surface area contributed by atoms with Gasteiger partial charge in [0.2, 0.25) is 0 Å². The molecule has 0 heterocycles. The second kappa shape index (κ2) is 11.0. The predicted molar refractivity (Wildman–Crippen MR) is 93.6 cm³/mol. The largest absolute Gasteiger partial charge is 0.497 e. The van der Waals surface area contributed by atoms with Crippen molar-refractivity contribution in [1.29, 1.82) is 0 Å². The monoisotopic (exact) mass is 364 g/mol. The predicted octanol–water partition coefficient (Wildman–Crippen LogP) is 2.22. The van der Waals surface area contributed by atoms with E-state index in [2.05, 4.69) is 6.58 Å². The zero-order chi connectivity index (χ0) is 19.5. The Bertz CT molecular complexity index is 651. The Labute approximate surface area is 152 Å². The molecule has 0 radical (unpaired) electrons. The minimum Gasteiger partial charge on any atom is -0.497 e. The van der Waals surface area contributed by atoms with Crippen LogP contribution in [0.15, 0.2) is 36.4 Å². The third-order valence-electron chi connectivity index (χ3n) is 3.46. The van der Waals surface area contributed by atoms with Crippen LogP contribution in [-0.4, -0.2) is 44.8 Å². The van der Waals surface area contributed by atoms with Crippen molar-refractivity contribution in [2.24, 2.45) is 0 Å². The fraction of sp³-hybridized carbons (Fsp3) is 0.421. The highest BCUT2D eigenvalue weighted by Crippen LogP contribution is 2.13. The van der Waals surface area contributed by atoms with E-state index in [0.29, 0.717) is 11.3 Å². The van der Waals surface area contributed by atoms with Gasteiger partial charge in [0.1, 0.15) is 12.4 Å². The van der Waals surface area contributed by atoms with Gasteiger partial charge in [0, 0.05) is 19.1 Å². The summed E-state index contributed by atoms with van der Waals surface area (Å²) in [6, 6.07) is 6.94. The van der Waals surface area contributed by atoms with Gasteiger partial charge in [-0.05, 0) is 31.0 Å². The lowest BCUT2D eigenvalue weighted by Crippen LogP contribution is -2.23. The summed E-state index contributed by atoms with van der Waals surface area (Å²) >= 11 is 0. The molecule has 1 unspecified atom stereocenters. The molecule has 0 saturated heterocycles. The molecule has 26 heavy (non-hydrogen) atoms. The lowest BCUT2D eigenvalue weighted by Gasteiger charge is -2.15. The van der Waals surface area contributed by atoms with Gasteiger partial charge in [0.05, 0.1) is 19.6 Å². The van der Waals surface area contributed by atoms with Gasteiger partial charge in [-0.2, -0.15) is 0 Å². The van der Waals surface area contributed by atoms with Crippen molar-refractivity contribution in [3.8, 4) is 5.75 Å². The maximum Gasteiger partial charge on any atom is 0.333 e. The smallest absolute Gasteiger partial charge is 0.333 e. The van der Waals surface area contributed by atoms with Gasteiger partial charge in [-0.15, -0.1) is 0 Å². The van der Waals surface area contributed by atoms with Gasteiger partial charge in [-0.1, -0.05) is 18.7 Å². The minimum atomic E-state index is -0.661. The molecule has 0 aromatic heterocycles. The number of carbonyl (C=O) groups is 3. The second-order valence-corrected chi connectivity index (χ2v) is 5.65. The van der Waals surface area contributed by atoms with E-state index >= 15 is 0 Å². The van der Waals surface area contributed by atoms with Crippen molar-refractivity contribution in [2.45, 2.75) is 32.3 Å². The molecule has 0 saturated carbocycles. The van der Waals surface area contributed by atoms with E-state index in [4.69, 9.17) is 18.9 Å². The van der Waals surface area contributed by atoms with Gasteiger partial charge >= 0.3 is 17.9 Å². The second-order valence-electron chi connectivity index (χ2n) is 5.65. The maximum atomic E-state index is 11.8. The first kappa shape index (κ1) is 21.4. The van der Waals surface area contributed by atoms with E-state index < -0.39 is 24.0 Å².